The maximum Gasteiger partial charge on any atom is 0.292 e. The summed E-state index contributed by atoms with van der Waals surface area (Å²) in [4.78, 5) is 12.5. The first-order valence-electron chi connectivity index (χ1n) is 5.47. The first-order valence-corrected chi connectivity index (χ1v) is 5.47. The fourth-order valence-electron chi connectivity index (χ4n) is 1.82. The third kappa shape index (κ3) is 2.94. The van der Waals surface area contributed by atoms with Gasteiger partial charge in [-0.25, -0.2) is 0 Å². The number of aryl methyl sites for hydroxylation is 1. The highest BCUT2D eigenvalue weighted by Gasteiger charge is 2.19. The van der Waals surface area contributed by atoms with Crippen molar-refractivity contribution >= 4 is 11.4 Å². The van der Waals surface area contributed by atoms with E-state index in [2.05, 4.69) is 6.07 Å². The minimum Gasteiger partial charge on any atom is -0.365 e. The van der Waals surface area contributed by atoms with Crippen molar-refractivity contribution in [1.82, 2.24) is 0 Å². The van der Waals surface area contributed by atoms with Gasteiger partial charge in [0.05, 0.1) is 17.4 Å². The molecule has 0 N–H and O–H groups in total. The smallest absolute Gasteiger partial charge is 0.292 e. The third-order valence-electron chi connectivity index (χ3n) is 2.60. The van der Waals surface area contributed by atoms with E-state index in [4.69, 9.17) is 5.26 Å². The zero-order valence-corrected chi connectivity index (χ0v) is 10.0. The Balaban J connectivity index is 3.17. The predicted molar refractivity (Wildman–Crippen MR) is 66.0 cm³/mol. The average molecular weight is 233 g/mol. The number of nitro groups is 1. The number of anilines is 1. The van der Waals surface area contributed by atoms with E-state index in [-0.39, 0.29) is 10.6 Å². The maximum atomic E-state index is 11.0. The first kappa shape index (κ1) is 13.0. The van der Waals surface area contributed by atoms with Crippen LogP contribution in [0.15, 0.2) is 18.2 Å². The summed E-state index contributed by atoms with van der Waals surface area (Å²) in [7, 11) is 0. The number of hydrogen-bond acceptors (Lipinski definition) is 4. The Kier molecular flexibility index (Phi) is 4.46. The van der Waals surface area contributed by atoms with Gasteiger partial charge >= 0.3 is 0 Å². The molecule has 1 aromatic carbocycles. The Morgan fingerprint density at radius 3 is 2.76 bits per heavy atom. The van der Waals surface area contributed by atoms with Crippen molar-refractivity contribution in [2.24, 2.45) is 0 Å². The van der Waals surface area contributed by atoms with Crippen LogP contribution in [0.4, 0.5) is 11.4 Å². The van der Waals surface area contributed by atoms with Gasteiger partial charge in [0.2, 0.25) is 0 Å². The van der Waals surface area contributed by atoms with Crippen LogP contribution in [0.2, 0.25) is 0 Å². The van der Waals surface area contributed by atoms with E-state index in [1.54, 1.807) is 6.07 Å². The summed E-state index contributed by atoms with van der Waals surface area (Å²) in [5.41, 5.74) is 1.58. The molecule has 0 aliphatic rings. The molecule has 1 aromatic rings. The molecule has 17 heavy (non-hydrogen) atoms. The van der Waals surface area contributed by atoms with Crippen LogP contribution in [0.3, 0.4) is 0 Å². The van der Waals surface area contributed by atoms with Crippen LogP contribution >= 0.6 is 0 Å². The monoisotopic (exact) mass is 233 g/mol. The van der Waals surface area contributed by atoms with Gasteiger partial charge in [-0.2, -0.15) is 5.26 Å². The van der Waals surface area contributed by atoms with Crippen molar-refractivity contribution in [3.63, 3.8) is 0 Å². The highest BCUT2D eigenvalue weighted by Crippen LogP contribution is 2.31. The van der Waals surface area contributed by atoms with Gasteiger partial charge in [0, 0.05) is 19.2 Å². The number of hydrogen-bond donors (Lipinski definition) is 0. The number of para-hydroxylation sites is 1. The minimum atomic E-state index is -0.378. The van der Waals surface area contributed by atoms with Gasteiger partial charge < -0.3 is 4.90 Å². The molecule has 0 radical (unpaired) electrons. The molecule has 0 spiro atoms. The van der Waals surface area contributed by atoms with Crippen LogP contribution in [0.5, 0.6) is 0 Å². The van der Waals surface area contributed by atoms with Gasteiger partial charge in [-0.3, -0.25) is 10.1 Å². The van der Waals surface area contributed by atoms with Gasteiger partial charge in [0.15, 0.2) is 0 Å². The van der Waals surface area contributed by atoms with E-state index in [0.29, 0.717) is 25.2 Å². The zero-order valence-electron chi connectivity index (χ0n) is 10.0. The molecule has 0 aliphatic heterocycles. The van der Waals surface area contributed by atoms with Gasteiger partial charge in [0.25, 0.3) is 5.69 Å². The molecule has 0 saturated carbocycles. The molecule has 0 unspecified atom stereocenters. The van der Waals surface area contributed by atoms with Gasteiger partial charge in [-0.1, -0.05) is 12.1 Å². The summed E-state index contributed by atoms with van der Waals surface area (Å²) in [6.45, 7) is 4.93. The van der Waals surface area contributed by atoms with E-state index in [1.807, 2.05) is 24.8 Å². The summed E-state index contributed by atoms with van der Waals surface area (Å²) < 4.78 is 0. The lowest BCUT2D eigenvalue weighted by Gasteiger charge is -2.23. The molecule has 5 nitrogen and oxygen atoms in total. The second-order valence-electron chi connectivity index (χ2n) is 3.69. The molecule has 0 bridgehead atoms. The average Bonchev–Trinajstić information content (AvgIpc) is 2.31. The second kappa shape index (κ2) is 5.85. The van der Waals surface area contributed by atoms with Crippen LogP contribution in [0.25, 0.3) is 0 Å². The van der Waals surface area contributed by atoms with E-state index in [1.165, 1.54) is 6.07 Å². The van der Waals surface area contributed by atoms with E-state index < -0.39 is 0 Å². The van der Waals surface area contributed by atoms with Crippen LogP contribution in [0.1, 0.15) is 18.9 Å². The summed E-state index contributed by atoms with van der Waals surface area (Å²) in [6, 6.07) is 7.08. The standard InChI is InChI=1S/C12H15N3O2/c1-3-14(9-5-8-13)12-10(2)6-4-7-11(12)15(16)17/h4,6-7H,3,5,9H2,1-2H3. The van der Waals surface area contributed by atoms with Crippen molar-refractivity contribution in [1.29, 1.82) is 5.26 Å². The molecule has 0 amide bonds. The summed E-state index contributed by atoms with van der Waals surface area (Å²) >= 11 is 0. The number of nitrogens with zero attached hydrogens (tertiary/aromatic N) is 3. The summed E-state index contributed by atoms with van der Waals surface area (Å²) in [5.74, 6) is 0. The lowest BCUT2D eigenvalue weighted by atomic mass is 10.1. The Morgan fingerprint density at radius 1 is 1.53 bits per heavy atom. The van der Waals surface area contributed by atoms with E-state index >= 15 is 0 Å². The van der Waals surface area contributed by atoms with Crippen LogP contribution in [-0.2, 0) is 0 Å². The second-order valence-corrected chi connectivity index (χ2v) is 3.69. The van der Waals surface area contributed by atoms with Gasteiger partial charge in [-0.05, 0) is 19.4 Å². The van der Waals surface area contributed by atoms with E-state index in [0.717, 1.165) is 5.56 Å². The molecule has 0 atom stereocenters. The molecule has 0 aromatic heterocycles. The van der Waals surface area contributed by atoms with Gasteiger partial charge in [0.1, 0.15) is 5.69 Å². The highest BCUT2D eigenvalue weighted by atomic mass is 16.6. The van der Waals surface area contributed by atoms with Crippen LogP contribution < -0.4 is 4.90 Å². The molecule has 0 heterocycles. The Hall–Kier alpha value is -2.09. The third-order valence-corrected chi connectivity index (χ3v) is 2.60. The molecule has 90 valence electrons. The van der Waals surface area contributed by atoms with Crippen molar-refractivity contribution < 1.29 is 4.92 Å². The number of benzene rings is 1. The molecule has 0 fully saturated rings. The van der Waals surface area contributed by atoms with Gasteiger partial charge in [-0.15, -0.1) is 0 Å². The summed E-state index contributed by atoms with van der Waals surface area (Å²) in [6.07, 6.45) is 0.360. The molecule has 5 heteroatoms. The van der Waals surface area contributed by atoms with Crippen LogP contribution in [-0.4, -0.2) is 18.0 Å². The first-order chi connectivity index (χ1) is 8.11. The van der Waals surface area contributed by atoms with Crippen molar-refractivity contribution in [3.8, 4) is 6.07 Å². The minimum absolute atomic E-state index is 0.102. The Bertz CT molecular complexity index is 452. The predicted octanol–water partition coefficient (Wildman–Crippen LogP) is 2.64. The summed E-state index contributed by atoms with van der Waals surface area (Å²) in [5, 5.41) is 19.6. The maximum absolute atomic E-state index is 11.0. The normalized spacial score (nSPS) is 9.71. The fraction of sp³-hybridized carbons (Fsp3) is 0.417. The lowest BCUT2D eigenvalue weighted by Crippen LogP contribution is -2.25. The zero-order chi connectivity index (χ0) is 12.8. The number of rotatable bonds is 5. The molecule has 1 rings (SSSR count). The largest absolute Gasteiger partial charge is 0.365 e. The van der Waals surface area contributed by atoms with Crippen molar-refractivity contribution in [2.45, 2.75) is 20.3 Å². The quantitative estimate of drug-likeness (QED) is 0.579. The van der Waals surface area contributed by atoms with Crippen LogP contribution in [0, 0.1) is 28.4 Å². The molecule has 0 saturated heterocycles. The topological polar surface area (TPSA) is 70.2 Å². The SMILES string of the molecule is CCN(CCC#N)c1c(C)cccc1[N+](=O)[O-]. The highest BCUT2D eigenvalue weighted by molar-refractivity contribution is 5.67. The molecule has 0 aliphatic carbocycles. The Morgan fingerprint density at radius 2 is 2.24 bits per heavy atom. The lowest BCUT2D eigenvalue weighted by molar-refractivity contribution is -0.384. The number of nitro benzene ring substituents is 1. The molecular formula is C12H15N3O2. The van der Waals surface area contributed by atoms with E-state index in [9.17, 15) is 10.1 Å². The number of nitriles is 1. The van der Waals surface area contributed by atoms with Crippen molar-refractivity contribution in [3.05, 3.63) is 33.9 Å². The Labute approximate surface area is 100 Å². The fourth-order valence-corrected chi connectivity index (χ4v) is 1.82. The molecular weight excluding hydrogens is 218 g/mol. The van der Waals surface area contributed by atoms with Crippen molar-refractivity contribution in [2.75, 3.05) is 18.0 Å².